The van der Waals surface area contributed by atoms with Gasteiger partial charge in [-0.2, -0.15) is 0 Å². The van der Waals surface area contributed by atoms with Crippen molar-refractivity contribution < 1.29 is 5.11 Å². The third kappa shape index (κ3) is 3.66. The van der Waals surface area contributed by atoms with E-state index in [1.165, 1.54) is 0 Å². The average molecular weight is 374 g/mol. The van der Waals surface area contributed by atoms with Gasteiger partial charge in [-0.1, -0.05) is 31.5 Å². The predicted molar refractivity (Wildman–Crippen MR) is 105 cm³/mol. The molecule has 2 N–H and O–H groups in total. The first-order chi connectivity index (χ1) is 12.4. The topological polar surface area (TPSA) is 75.9 Å². The van der Waals surface area contributed by atoms with Crippen LogP contribution >= 0.6 is 11.6 Å². The monoisotopic (exact) mass is 373 g/mol. The number of hydrogen-bond donors (Lipinski definition) is 2. The minimum absolute atomic E-state index is 0.00437. The Labute approximate surface area is 158 Å². The maximum absolute atomic E-state index is 9.83. The number of benzene rings is 1. The number of hydrogen-bond acceptors (Lipinski definition) is 5. The number of rotatable bonds is 6. The zero-order valence-corrected chi connectivity index (χ0v) is 16.2. The molecule has 0 spiro atoms. The summed E-state index contributed by atoms with van der Waals surface area (Å²) in [5.41, 5.74) is 2.28. The zero-order chi connectivity index (χ0) is 18.8. The summed E-state index contributed by atoms with van der Waals surface area (Å²) in [5.74, 6) is 1.30. The lowest BCUT2D eigenvalue weighted by Crippen LogP contribution is -2.16. The summed E-state index contributed by atoms with van der Waals surface area (Å²) in [6.45, 7) is 8.27. The van der Waals surface area contributed by atoms with E-state index in [4.69, 9.17) is 16.6 Å². The van der Waals surface area contributed by atoms with Crippen molar-refractivity contribution in [3.8, 4) is 0 Å². The Morgan fingerprint density at radius 1 is 1.19 bits per heavy atom. The smallest absolute Gasteiger partial charge is 0.166 e. The number of aliphatic hydroxyl groups is 1. The fraction of sp³-hybridized carbons (Fsp3) is 0.421. The molecular weight excluding hydrogens is 350 g/mol. The minimum atomic E-state index is -0.144. The number of imidazole rings is 1. The Balaban J connectivity index is 2.16. The highest BCUT2D eigenvalue weighted by molar-refractivity contribution is 6.30. The number of nitrogens with zero attached hydrogens (tertiary/aromatic N) is 4. The molecule has 1 aromatic carbocycles. The molecule has 0 aliphatic heterocycles. The van der Waals surface area contributed by atoms with Crippen LogP contribution in [0, 0.1) is 5.92 Å². The molecule has 0 amide bonds. The van der Waals surface area contributed by atoms with E-state index >= 15 is 0 Å². The second-order valence-corrected chi connectivity index (χ2v) is 7.45. The van der Waals surface area contributed by atoms with Gasteiger partial charge in [0.15, 0.2) is 17.0 Å². The quantitative estimate of drug-likeness (QED) is 0.663. The number of halogens is 1. The summed E-state index contributed by atoms with van der Waals surface area (Å²) in [4.78, 5) is 13.9. The van der Waals surface area contributed by atoms with E-state index in [2.05, 4.69) is 43.0 Å². The highest BCUT2D eigenvalue weighted by Gasteiger charge is 2.22. The van der Waals surface area contributed by atoms with Crippen LogP contribution in [0.15, 0.2) is 30.6 Å². The third-order valence-electron chi connectivity index (χ3n) is 4.42. The van der Waals surface area contributed by atoms with Crippen LogP contribution in [0.3, 0.4) is 0 Å². The van der Waals surface area contributed by atoms with E-state index in [0.29, 0.717) is 22.2 Å². The Kier molecular flexibility index (Phi) is 5.44. The molecule has 2 heterocycles. The molecule has 0 saturated heterocycles. The van der Waals surface area contributed by atoms with Crippen molar-refractivity contribution in [3.63, 3.8) is 0 Å². The number of aliphatic hydroxyl groups excluding tert-OH is 1. The molecule has 6 nitrogen and oxygen atoms in total. The van der Waals surface area contributed by atoms with Gasteiger partial charge in [0.05, 0.1) is 12.9 Å². The minimum Gasteiger partial charge on any atom is -0.396 e. The maximum atomic E-state index is 9.83. The molecule has 0 aliphatic rings. The fourth-order valence-corrected chi connectivity index (χ4v) is 3.05. The first-order valence-electron chi connectivity index (χ1n) is 8.78. The number of aromatic nitrogens is 4. The summed E-state index contributed by atoms with van der Waals surface area (Å²) in [6, 6.07) is 7.67. The summed E-state index contributed by atoms with van der Waals surface area (Å²) in [7, 11) is 0. The molecule has 1 atom stereocenters. The molecule has 0 bridgehead atoms. The van der Waals surface area contributed by atoms with Crippen molar-refractivity contribution in [2.75, 3.05) is 11.9 Å². The van der Waals surface area contributed by atoms with Gasteiger partial charge in [-0.15, -0.1) is 0 Å². The predicted octanol–water partition coefficient (Wildman–Crippen LogP) is 4.54. The molecule has 26 heavy (non-hydrogen) atoms. The summed E-state index contributed by atoms with van der Waals surface area (Å²) in [5, 5.41) is 13.8. The third-order valence-corrected chi connectivity index (χ3v) is 4.65. The maximum Gasteiger partial charge on any atom is 0.166 e. The van der Waals surface area contributed by atoms with Crippen LogP contribution in [0.1, 0.15) is 45.5 Å². The van der Waals surface area contributed by atoms with Crippen molar-refractivity contribution in [1.29, 1.82) is 0 Å². The van der Waals surface area contributed by atoms with Gasteiger partial charge in [0.1, 0.15) is 5.82 Å². The van der Waals surface area contributed by atoms with Gasteiger partial charge < -0.3 is 15.0 Å². The normalized spacial score (nSPS) is 12.9. The van der Waals surface area contributed by atoms with Gasteiger partial charge >= 0.3 is 0 Å². The summed E-state index contributed by atoms with van der Waals surface area (Å²) >= 11 is 6.10. The van der Waals surface area contributed by atoms with Crippen molar-refractivity contribution in [1.82, 2.24) is 19.5 Å². The van der Waals surface area contributed by atoms with E-state index in [9.17, 15) is 5.11 Å². The van der Waals surface area contributed by atoms with Crippen molar-refractivity contribution in [2.24, 2.45) is 5.92 Å². The molecule has 138 valence electrons. The highest BCUT2D eigenvalue weighted by Crippen LogP contribution is 2.29. The summed E-state index contributed by atoms with van der Waals surface area (Å²) < 4.78 is 2.01. The molecule has 3 rings (SSSR count). The number of nitrogens with one attached hydrogen (secondary N) is 1. The van der Waals surface area contributed by atoms with Gasteiger partial charge in [-0.3, -0.25) is 0 Å². The second-order valence-electron chi connectivity index (χ2n) is 7.02. The van der Waals surface area contributed by atoms with Crippen molar-refractivity contribution >= 4 is 34.3 Å². The Morgan fingerprint density at radius 2 is 1.96 bits per heavy atom. The zero-order valence-electron chi connectivity index (χ0n) is 15.4. The van der Waals surface area contributed by atoms with Crippen LogP contribution < -0.4 is 5.32 Å². The lowest BCUT2D eigenvalue weighted by molar-refractivity contribution is 0.232. The van der Waals surface area contributed by atoms with E-state index in [1.807, 2.05) is 28.8 Å². The standard InChI is InChI=1S/C19H24ClN5O/c1-11(2)15(9-26)17-23-18(22-14-7-5-6-13(20)8-14)16-19(24-17)25(10-21-16)12(3)4/h5-8,10-12,15,26H,9H2,1-4H3,(H,22,23,24). The van der Waals surface area contributed by atoms with Gasteiger partial charge in [0.25, 0.3) is 0 Å². The van der Waals surface area contributed by atoms with E-state index < -0.39 is 0 Å². The molecule has 7 heteroatoms. The van der Waals surface area contributed by atoms with E-state index in [-0.39, 0.29) is 24.5 Å². The molecular formula is C19H24ClN5O. The van der Waals surface area contributed by atoms with Crippen LogP contribution in [0.4, 0.5) is 11.5 Å². The van der Waals surface area contributed by atoms with Crippen LogP contribution in [-0.4, -0.2) is 31.2 Å². The molecule has 3 aromatic rings. The SMILES string of the molecule is CC(C)C(CO)c1nc(Nc2cccc(Cl)c2)c2ncn(C(C)C)c2n1. The Bertz CT molecular complexity index is 906. The molecule has 0 aliphatic carbocycles. The highest BCUT2D eigenvalue weighted by atomic mass is 35.5. The van der Waals surface area contributed by atoms with Crippen LogP contribution in [-0.2, 0) is 0 Å². The van der Waals surface area contributed by atoms with Crippen molar-refractivity contribution in [3.05, 3.63) is 41.4 Å². The van der Waals surface area contributed by atoms with Crippen molar-refractivity contribution in [2.45, 2.75) is 39.7 Å². The Morgan fingerprint density at radius 3 is 2.58 bits per heavy atom. The lowest BCUT2D eigenvalue weighted by atomic mass is 9.96. The largest absolute Gasteiger partial charge is 0.396 e. The summed E-state index contributed by atoms with van der Waals surface area (Å²) in [6.07, 6.45) is 1.78. The van der Waals surface area contributed by atoms with Gasteiger partial charge in [0.2, 0.25) is 0 Å². The van der Waals surface area contributed by atoms with Gasteiger partial charge in [-0.05, 0) is 38.0 Å². The molecule has 0 fully saturated rings. The van der Waals surface area contributed by atoms with E-state index in [0.717, 1.165) is 11.3 Å². The number of anilines is 2. The van der Waals surface area contributed by atoms with Gasteiger partial charge in [0, 0.05) is 22.7 Å². The molecule has 0 radical (unpaired) electrons. The van der Waals surface area contributed by atoms with Gasteiger partial charge in [-0.25, -0.2) is 15.0 Å². The molecule has 2 aromatic heterocycles. The number of fused-ring (bicyclic) bond motifs is 1. The van der Waals surface area contributed by atoms with Crippen LogP contribution in [0.5, 0.6) is 0 Å². The first-order valence-corrected chi connectivity index (χ1v) is 9.16. The van der Waals surface area contributed by atoms with E-state index in [1.54, 1.807) is 6.33 Å². The average Bonchev–Trinajstić information content (AvgIpc) is 2.99. The van der Waals surface area contributed by atoms with Crippen LogP contribution in [0.2, 0.25) is 5.02 Å². The fourth-order valence-electron chi connectivity index (χ4n) is 2.86. The molecule has 1 unspecified atom stereocenters. The van der Waals surface area contributed by atoms with Crippen LogP contribution in [0.25, 0.3) is 11.2 Å². The second kappa shape index (κ2) is 7.60. The first kappa shape index (κ1) is 18.6. The lowest BCUT2D eigenvalue weighted by Gasteiger charge is -2.18. The molecule has 0 saturated carbocycles. The Hall–Kier alpha value is -2.18.